The summed E-state index contributed by atoms with van der Waals surface area (Å²) in [4.78, 5) is 9.04. The summed E-state index contributed by atoms with van der Waals surface area (Å²) in [6.45, 7) is 4.23. The molecule has 2 heterocycles. The minimum absolute atomic E-state index is 0.268. The fraction of sp³-hybridized carbons (Fsp3) is 0.188. The maximum absolute atomic E-state index is 9.00. The number of fused-ring (bicyclic) bond motifs is 1. The smallest absolute Gasteiger partial charge is 0.160 e. The molecule has 0 saturated heterocycles. The Morgan fingerprint density at radius 3 is 2.70 bits per heavy atom. The topological polar surface area (TPSA) is 54.5 Å². The first-order valence-corrected chi connectivity index (χ1v) is 6.54. The highest BCUT2D eigenvalue weighted by Gasteiger charge is 2.15. The second kappa shape index (κ2) is 4.78. The zero-order chi connectivity index (χ0) is 14.1. The molecule has 0 aliphatic carbocycles. The van der Waals surface area contributed by atoms with Crippen molar-refractivity contribution in [2.75, 3.05) is 0 Å². The zero-order valence-electron chi connectivity index (χ0n) is 11.4. The molecule has 0 saturated carbocycles. The van der Waals surface area contributed by atoms with Gasteiger partial charge in [0.2, 0.25) is 0 Å². The van der Waals surface area contributed by atoms with E-state index in [0.717, 1.165) is 22.6 Å². The quantitative estimate of drug-likeness (QED) is 0.709. The average molecular weight is 262 g/mol. The summed E-state index contributed by atoms with van der Waals surface area (Å²) in [7, 11) is 0. The third-order valence-corrected chi connectivity index (χ3v) is 3.23. The van der Waals surface area contributed by atoms with Crippen LogP contribution in [0.3, 0.4) is 0 Å². The van der Waals surface area contributed by atoms with Gasteiger partial charge in [-0.2, -0.15) is 5.26 Å². The predicted octanol–water partition coefficient (Wildman–Crippen LogP) is 3.55. The molecule has 1 aromatic carbocycles. The number of imidazole rings is 1. The maximum atomic E-state index is 9.00. The van der Waals surface area contributed by atoms with Gasteiger partial charge in [0.15, 0.2) is 5.82 Å². The molecule has 0 aliphatic rings. The van der Waals surface area contributed by atoms with Crippen LogP contribution < -0.4 is 0 Å². The highest BCUT2D eigenvalue weighted by Crippen LogP contribution is 2.27. The van der Waals surface area contributed by atoms with Crippen LogP contribution in [0.4, 0.5) is 0 Å². The van der Waals surface area contributed by atoms with Crippen molar-refractivity contribution in [3.05, 3.63) is 48.2 Å². The van der Waals surface area contributed by atoms with Gasteiger partial charge in [-0.25, -0.2) is 4.98 Å². The summed E-state index contributed by atoms with van der Waals surface area (Å²) in [5.41, 5.74) is 3.33. The van der Waals surface area contributed by atoms with E-state index >= 15 is 0 Å². The van der Waals surface area contributed by atoms with Crippen LogP contribution in [0.15, 0.2) is 42.6 Å². The Morgan fingerprint density at radius 2 is 2.05 bits per heavy atom. The van der Waals surface area contributed by atoms with E-state index in [9.17, 15) is 0 Å². The normalized spacial score (nSPS) is 10.9. The molecule has 2 aromatic heterocycles. The van der Waals surface area contributed by atoms with Crippen LogP contribution in [-0.2, 0) is 0 Å². The molecule has 0 bridgehead atoms. The number of hydrogen-bond acceptors (Lipinski definition) is 3. The van der Waals surface area contributed by atoms with E-state index in [1.54, 1.807) is 6.20 Å². The van der Waals surface area contributed by atoms with Crippen LogP contribution >= 0.6 is 0 Å². The lowest BCUT2D eigenvalue weighted by atomic mass is 10.2. The Morgan fingerprint density at radius 1 is 1.20 bits per heavy atom. The van der Waals surface area contributed by atoms with Crippen molar-refractivity contribution >= 4 is 11.0 Å². The average Bonchev–Trinajstić information content (AvgIpc) is 2.86. The number of benzene rings is 1. The lowest BCUT2D eigenvalue weighted by Gasteiger charge is -2.12. The van der Waals surface area contributed by atoms with Gasteiger partial charge in [0.25, 0.3) is 0 Å². The monoisotopic (exact) mass is 262 g/mol. The molecule has 0 amide bonds. The van der Waals surface area contributed by atoms with Crippen molar-refractivity contribution in [3.8, 4) is 17.6 Å². The number of hydrogen-bond donors (Lipinski definition) is 0. The predicted molar refractivity (Wildman–Crippen MR) is 78.1 cm³/mol. The molecule has 0 unspecified atom stereocenters. The summed E-state index contributed by atoms with van der Waals surface area (Å²) in [5, 5.41) is 9.00. The van der Waals surface area contributed by atoms with Crippen molar-refractivity contribution < 1.29 is 0 Å². The summed E-state index contributed by atoms with van der Waals surface area (Å²) in [5.74, 6) is 0.839. The van der Waals surface area contributed by atoms with E-state index in [1.165, 1.54) is 0 Å². The summed E-state index contributed by atoms with van der Waals surface area (Å²) >= 11 is 0. The van der Waals surface area contributed by atoms with Crippen LogP contribution in [0.1, 0.15) is 25.5 Å². The van der Waals surface area contributed by atoms with Crippen LogP contribution in [0, 0.1) is 11.3 Å². The van der Waals surface area contributed by atoms with Gasteiger partial charge in [-0.1, -0.05) is 6.07 Å². The van der Waals surface area contributed by atoms with E-state index in [-0.39, 0.29) is 6.04 Å². The van der Waals surface area contributed by atoms with E-state index in [4.69, 9.17) is 5.26 Å². The van der Waals surface area contributed by atoms with Gasteiger partial charge in [0.05, 0.1) is 22.7 Å². The first-order chi connectivity index (χ1) is 9.70. The first-order valence-electron chi connectivity index (χ1n) is 6.54. The lowest BCUT2D eigenvalue weighted by Crippen LogP contribution is -2.03. The minimum atomic E-state index is 0.268. The van der Waals surface area contributed by atoms with Crippen molar-refractivity contribution in [1.29, 1.82) is 5.26 Å². The van der Waals surface area contributed by atoms with E-state index in [2.05, 4.69) is 34.5 Å². The highest BCUT2D eigenvalue weighted by atomic mass is 15.1. The molecule has 4 heteroatoms. The largest absolute Gasteiger partial charge is 0.320 e. The molecule has 0 fully saturated rings. The van der Waals surface area contributed by atoms with Gasteiger partial charge >= 0.3 is 0 Å². The Labute approximate surface area is 117 Å². The number of nitrogens with zero attached hydrogens (tertiary/aromatic N) is 4. The van der Waals surface area contributed by atoms with E-state index in [0.29, 0.717) is 5.56 Å². The van der Waals surface area contributed by atoms with E-state index in [1.807, 2.05) is 36.4 Å². The molecule has 20 heavy (non-hydrogen) atoms. The molecule has 0 radical (unpaired) electrons. The van der Waals surface area contributed by atoms with Crippen LogP contribution in [0.5, 0.6) is 0 Å². The summed E-state index contributed by atoms with van der Waals surface area (Å²) < 4.78 is 2.15. The van der Waals surface area contributed by atoms with Gasteiger partial charge in [0, 0.05) is 12.2 Å². The zero-order valence-corrected chi connectivity index (χ0v) is 11.4. The fourth-order valence-corrected chi connectivity index (χ4v) is 2.37. The first kappa shape index (κ1) is 12.4. The van der Waals surface area contributed by atoms with Crippen molar-refractivity contribution in [3.63, 3.8) is 0 Å². The van der Waals surface area contributed by atoms with Gasteiger partial charge in [0.1, 0.15) is 5.69 Å². The van der Waals surface area contributed by atoms with Crippen LogP contribution in [0.25, 0.3) is 22.6 Å². The standard InChI is InChI=1S/C16H14N4/c1-11(2)20-15-7-6-12(10-17)9-14(15)19-16(20)13-5-3-4-8-18-13/h3-9,11H,1-2H3. The molecule has 0 atom stereocenters. The third-order valence-electron chi connectivity index (χ3n) is 3.23. The van der Waals surface area contributed by atoms with Crippen molar-refractivity contribution in [2.24, 2.45) is 0 Å². The molecule has 0 aliphatic heterocycles. The number of aromatic nitrogens is 3. The molecule has 3 aromatic rings. The number of rotatable bonds is 2. The summed E-state index contributed by atoms with van der Waals surface area (Å²) in [6, 6.07) is 13.8. The minimum Gasteiger partial charge on any atom is -0.320 e. The van der Waals surface area contributed by atoms with Gasteiger partial charge < -0.3 is 4.57 Å². The molecular formula is C16H14N4. The highest BCUT2D eigenvalue weighted by molar-refractivity contribution is 5.81. The van der Waals surface area contributed by atoms with E-state index < -0.39 is 0 Å². The third kappa shape index (κ3) is 1.94. The van der Waals surface area contributed by atoms with Crippen LogP contribution in [-0.4, -0.2) is 14.5 Å². The van der Waals surface area contributed by atoms with Crippen molar-refractivity contribution in [2.45, 2.75) is 19.9 Å². The van der Waals surface area contributed by atoms with Crippen molar-refractivity contribution in [1.82, 2.24) is 14.5 Å². The molecule has 4 nitrogen and oxygen atoms in total. The Bertz CT molecular complexity index is 794. The number of nitriles is 1. The Kier molecular flexibility index (Phi) is 2.96. The van der Waals surface area contributed by atoms with Gasteiger partial charge in [-0.05, 0) is 44.2 Å². The summed E-state index contributed by atoms with van der Waals surface area (Å²) in [6.07, 6.45) is 1.76. The Balaban J connectivity index is 2.32. The molecular weight excluding hydrogens is 248 g/mol. The molecule has 0 N–H and O–H groups in total. The second-order valence-electron chi connectivity index (χ2n) is 4.93. The second-order valence-corrected chi connectivity index (χ2v) is 4.93. The molecule has 0 spiro atoms. The van der Waals surface area contributed by atoms with Gasteiger partial charge in [-0.3, -0.25) is 4.98 Å². The maximum Gasteiger partial charge on any atom is 0.160 e. The number of pyridine rings is 1. The SMILES string of the molecule is CC(C)n1c(-c2ccccn2)nc2cc(C#N)ccc21. The molecule has 3 rings (SSSR count). The Hall–Kier alpha value is -2.67. The lowest BCUT2D eigenvalue weighted by molar-refractivity contribution is 0.623. The molecule has 98 valence electrons. The fourth-order valence-electron chi connectivity index (χ4n) is 2.37. The van der Waals surface area contributed by atoms with Crippen LogP contribution in [0.2, 0.25) is 0 Å². The van der Waals surface area contributed by atoms with Gasteiger partial charge in [-0.15, -0.1) is 0 Å².